The van der Waals surface area contributed by atoms with Crippen LogP contribution in [0.1, 0.15) is 10.4 Å². The number of morpholine rings is 1. The van der Waals surface area contributed by atoms with Crippen LogP contribution in [0.5, 0.6) is 0 Å². The van der Waals surface area contributed by atoms with E-state index in [1.54, 1.807) is 0 Å². The fraction of sp³-hybridized carbons (Fsp3) is 0.571. The first-order chi connectivity index (χ1) is 11.9. The van der Waals surface area contributed by atoms with Crippen LogP contribution in [-0.2, 0) is 18.3 Å². The predicted molar refractivity (Wildman–Crippen MR) is 88.4 cm³/mol. The monoisotopic (exact) mass is 351 g/mol. The molecule has 0 spiro atoms. The van der Waals surface area contributed by atoms with Crippen LogP contribution in [0.25, 0.3) is 0 Å². The molecule has 2 heterocycles. The molecule has 1 aromatic rings. The number of carbonyl (C=O) groups excluding carboxylic acids is 1. The van der Waals surface area contributed by atoms with Gasteiger partial charge in [0.1, 0.15) is 5.56 Å². The van der Waals surface area contributed by atoms with Gasteiger partial charge in [-0.3, -0.25) is 29.0 Å². The van der Waals surface area contributed by atoms with E-state index in [0.717, 1.165) is 28.4 Å². The van der Waals surface area contributed by atoms with E-state index in [2.05, 4.69) is 15.3 Å². The highest BCUT2D eigenvalue weighted by atomic mass is 16.5. The van der Waals surface area contributed by atoms with Gasteiger partial charge >= 0.3 is 5.69 Å². The van der Waals surface area contributed by atoms with Crippen molar-refractivity contribution in [1.29, 1.82) is 10.9 Å². The molecule has 25 heavy (non-hydrogen) atoms. The molecule has 11 nitrogen and oxygen atoms in total. The van der Waals surface area contributed by atoms with Crippen molar-refractivity contribution in [2.75, 3.05) is 39.4 Å². The van der Waals surface area contributed by atoms with Gasteiger partial charge in [0.25, 0.3) is 11.5 Å². The average molecular weight is 351 g/mol. The molecule has 1 saturated heterocycles. The minimum Gasteiger partial charge on any atom is -0.379 e. The largest absolute Gasteiger partial charge is 0.379 e. The first kappa shape index (κ1) is 18.7. The predicted octanol–water partition coefficient (Wildman–Crippen LogP) is -1.38. The van der Waals surface area contributed by atoms with Crippen molar-refractivity contribution in [2.24, 2.45) is 12.2 Å². The molecule has 0 radical (unpaired) electrons. The SMILES string of the molecule is Cn1c(=O)c(C(=O)NCCN2CCOCC2)cn(CC(=N)N=N)c1=O. The van der Waals surface area contributed by atoms with E-state index in [1.807, 2.05) is 0 Å². The molecule has 3 N–H and O–H groups in total. The van der Waals surface area contributed by atoms with E-state index in [4.69, 9.17) is 15.7 Å². The van der Waals surface area contributed by atoms with Crippen molar-refractivity contribution in [2.45, 2.75) is 6.54 Å². The topological polar surface area (TPSA) is 146 Å². The molecule has 0 bridgehead atoms. The summed E-state index contributed by atoms with van der Waals surface area (Å²) in [5.74, 6) is -0.948. The molecule has 1 aromatic heterocycles. The summed E-state index contributed by atoms with van der Waals surface area (Å²) in [6.45, 7) is 3.61. The molecule has 0 atom stereocenters. The second-order valence-corrected chi connectivity index (χ2v) is 5.59. The standard InChI is InChI=1S/C14H21N7O4/c1-19-13(23)10(8-21(14(19)24)9-11(15)18-16)12(22)17-2-3-20-4-6-25-7-5-20/h8,15-16H,2-7,9H2,1H3,(H,17,22). The van der Waals surface area contributed by atoms with Crippen LogP contribution in [0.3, 0.4) is 0 Å². The van der Waals surface area contributed by atoms with Gasteiger partial charge in [-0.15, -0.1) is 5.11 Å². The number of amidine groups is 1. The number of ether oxygens (including phenoxy) is 1. The third kappa shape index (κ3) is 4.67. The average Bonchev–Trinajstić information content (AvgIpc) is 2.62. The molecule has 2 rings (SSSR count). The Labute approximate surface area is 143 Å². The Morgan fingerprint density at radius 3 is 2.68 bits per heavy atom. The van der Waals surface area contributed by atoms with Crippen LogP contribution in [-0.4, -0.2) is 65.2 Å². The maximum atomic E-state index is 12.3. The highest BCUT2D eigenvalue weighted by Gasteiger charge is 2.17. The Morgan fingerprint density at radius 2 is 2.04 bits per heavy atom. The Balaban J connectivity index is 2.09. The second kappa shape index (κ2) is 8.44. The van der Waals surface area contributed by atoms with Crippen LogP contribution in [0.2, 0.25) is 0 Å². The van der Waals surface area contributed by atoms with Crippen molar-refractivity contribution < 1.29 is 9.53 Å². The van der Waals surface area contributed by atoms with Crippen LogP contribution in [0.15, 0.2) is 20.9 Å². The van der Waals surface area contributed by atoms with E-state index < -0.39 is 17.2 Å². The Hall–Kier alpha value is -2.66. The first-order valence-electron chi connectivity index (χ1n) is 7.77. The highest BCUT2D eigenvalue weighted by Crippen LogP contribution is 1.96. The lowest BCUT2D eigenvalue weighted by Crippen LogP contribution is -2.45. The van der Waals surface area contributed by atoms with E-state index in [1.165, 1.54) is 7.05 Å². The normalized spacial score (nSPS) is 14.9. The summed E-state index contributed by atoms with van der Waals surface area (Å²) in [6.07, 6.45) is 1.11. The molecule has 0 saturated carbocycles. The number of hydrogen-bond acceptors (Lipinski definition) is 7. The zero-order valence-corrected chi connectivity index (χ0v) is 13.9. The summed E-state index contributed by atoms with van der Waals surface area (Å²) >= 11 is 0. The molecular formula is C14H21N7O4. The smallest absolute Gasteiger partial charge is 0.331 e. The molecule has 136 valence electrons. The molecular weight excluding hydrogens is 330 g/mol. The summed E-state index contributed by atoms with van der Waals surface area (Å²) < 4.78 is 7.06. The van der Waals surface area contributed by atoms with Crippen LogP contribution in [0.4, 0.5) is 0 Å². The zero-order chi connectivity index (χ0) is 18.4. The number of nitrogens with zero attached hydrogens (tertiary/aromatic N) is 4. The van der Waals surface area contributed by atoms with Gasteiger partial charge in [-0.25, -0.2) is 10.3 Å². The minimum atomic E-state index is -0.709. The molecule has 11 heteroatoms. The fourth-order valence-corrected chi connectivity index (χ4v) is 2.44. The molecule has 0 aromatic carbocycles. The second-order valence-electron chi connectivity index (χ2n) is 5.59. The summed E-state index contributed by atoms with van der Waals surface area (Å²) in [7, 11) is 1.26. The Kier molecular flexibility index (Phi) is 6.31. The fourth-order valence-electron chi connectivity index (χ4n) is 2.44. The molecule has 1 aliphatic heterocycles. The van der Waals surface area contributed by atoms with E-state index in [-0.39, 0.29) is 17.9 Å². The number of rotatable bonds is 6. The Bertz CT molecular complexity index is 776. The summed E-state index contributed by atoms with van der Waals surface area (Å²) in [6, 6.07) is 0. The lowest BCUT2D eigenvalue weighted by molar-refractivity contribution is 0.0383. The molecule has 0 aliphatic carbocycles. The van der Waals surface area contributed by atoms with Gasteiger partial charge in [0, 0.05) is 39.4 Å². The van der Waals surface area contributed by atoms with Crippen molar-refractivity contribution in [3.05, 3.63) is 32.6 Å². The maximum Gasteiger partial charge on any atom is 0.331 e. The zero-order valence-electron chi connectivity index (χ0n) is 13.9. The van der Waals surface area contributed by atoms with E-state index >= 15 is 0 Å². The molecule has 1 amide bonds. The van der Waals surface area contributed by atoms with Crippen molar-refractivity contribution in [3.63, 3.8) is 0 Å². The van der Waals surface area contributed by atoms with Gasteiger partial charge < -0.3 is 10.1 Å². The third-order valence-corrected chi connectivity index (χ3v) is 3.87. The van der Waals surface area contributed by atoms with Crippen LogP contribution >= 0.6 is 0 Å². The number of nitrogens with one attached hydrogen (secondary N) is 3. The number of aromatic nitrogens is 2. The highest BCUT2D eigenvalue weighted by molar-refractivity contribution is 5.93. The number of carbonyl (C=O) groups is 1. The minimum absolute atomic E-state index is 0.193. The van der Waals surface area contributed by atoms with E-state index in [0.29, 0.717) is 26.3 Å². The van der Waals surface area contributed by atoms with Gasteiger partial charge in [-0.1, -0.05) is 0 Å². The molecule has 1 aliphatic rings. The lowest BCUT2D eigenvalue weighted by Gasteiger charge is -2.26. The van der Waals surface area contributed by atoms with Gasteiger partial charge in [-0.05, 0) is 0 Å². The quantitative estimate of drug-likeness (QED) is 0.328. The van der Waals surface area contributed by atoms with Gasteiger partial charge in [0.15, 0.2) is 5.84 Å². The van der Waals surface area contributed by atoms with Crippen molar-refractivity contribution >= 4 is 11.7 Å². The molecule has 1 fully saturated rings. The van der Waals surface area contributed by atoms with E-state index in [9.17, 15) is 14.4 Å². The summed E-state index contributed by atoms with van der Waals surface area (Å²) in [4.78, 5) is 38.6. The number of hydrogen-bond donors (Lipinski definition) is 3. The van der Waals surface area contributed by atoms with Gasteiger partial charge in [0.2, 0.25) is 0 Å². The van der Waals surface area contributed by atoms with Crippen molar-refractivity contribution in [3.8, 4) is 0 Å². The summed E-state index contributed by atoms with van der Waals surface area (Å²) in [5, 5.41) is 13.0. The lowest BCUT2D eigenvalue weighted by atomic mass is 10.3. The van der Waals surface area contributed by atoms with Crippen molar-refractivity contribution in [1.82, 2.24) is 19.4 Å². The van der Waals surface area contributed by atoms with Crippen LogP contribution in [0, 0.1) is 10.9 Å². The first-order valence-corrected chi connectivity index (χ1v) is 7.77. The Morgan fingerprint density at radius 1 is 1.36 bits per heavy atom. The maximum absolute atomic E-state index is 12.3. The number of amides is 1. The summed E-state index contributed by atoms with van der Waals surface area (Å²) in [5.41, 5.74) is 5.20. The van der Waals surface area contributed by atoms with Gasteiger partial charge in [0.05, 0.1) is 19.8 Å². The van der Waals surface area contributed by atoms with Gasteiger partial charge in [-0.2, -0.15) is 0 Å². The third-order valence-electron chi connectivity index (χ3n) is 3.87. The molecule has 0 unspecified atom stereocenters. The van der Waals surface area contributed by atoms with Crippen LogP contribution < -0.4 is 16.6 Å².